The first-order valence-electron chi connectivity index (χ1n) is 16.8. The predicted molar refractivity (Wildman–Crippen MR) is 185 cm³/mol. The van der Waals surface area contributed by atoms with Crippen molar-refractivity contribution < 1.29 is 42.1 Å². The van der Waals surface area contributed by atoms with Crippen LogP contribution in [0.25, 0.3) is 22.3 Å². The van der Waals surface area contributed by atoms with Gasteiger partial charge < -0.3 is 38.7 Å². The van der Waals surface area contributed by atoms with E-state index >= 15 is 0 Å². The Labute approximate surface area is 286 Å². The second-order valence-electron chi connectivity index (χ2n) is 11.8. The summed E-state index contributed by atoms with van der Waals surface area (Å²) < 4.78 is 47.8. The number of anilines is 1. The average molecular weight is 677 g/mol. The maximum atomic E-state index is 13.6. The molecule has 262 valence electrons. The molecule has 0 saturated heterocycles. The lowest BCUT2D eigenvalue weighted by atomic mass is 10.0. The van der Waals surface area contributed by atoms with E-state index in [0.29, 0.717) is 107 Å². The lowest BCUT2D eigenvalue weighted by Gasteiger charge is -2.13. The van der Waals surface area contributed by atoms with E-state index in [0.717, 1.165) is 35.0 Å². The molecule has 2 N–H and O–H groups in total. The first-order valence-corrected chi connectivity index (χ1v) is 16.8. The molecule has 1 aliphatic carbocycles. The number of hydrogen-bond donors (Lipinski definition) is 2. The van der Waals surface area contributed by atoms with Gasteiger partial charge in [0.25, 0.3) is 5.91 Å². The summed E-state index contributed by atoms with van der Waals surface area (Å²) in [5, 5.41) is 6.94. The van der Waals surface area contributed by atoms with Crippen molar-refractivity contribution in [3.8, 4) is 11.3 Å². The van der Waals surface area contributed by atoms with E-state index in [9.17, 15) is 14.0 Å². The zero-order valence-electron chi connectivity index (χ0n) is 28.2. The molecule has 0 spiro atoms. The smallest absolute Gasteiger partial charge is 0.255 e. The molecule has 0 aliphatic heterocycles. The topological polar surface area (TPSA) is 117 Å². The number of ether oxygens (including phenoxy) is 5. The second-order valence-corrected chi connectivity index (χ2v) is 11.8. The van der Waals surface area contributed by atoms with Crippen molar-refractivity contribution in [2.75, 3.05) is 78.4 Å². The fourth-order valence-electron chi connectivity index (χ4n) is 5.36. The van der Waals surface area contributed by atoms with Crippen molar-refractivity contribution in [3.63, 3.8) is 0 Å². The number of ketones is 1. The molecule has 3 aromatic carbocycles. The van der Waals surface area contributed by atoms with Gasteiger partial charge >= 0.3 is 0 Å². The molecular formula is C38H45FN2O8. The van der Waals surface area contributed by atoms with E-state index in [4.69, 9.17) is 28.1 Å². The van der Waals surface area contributed by atoms with Crippen molar-refractivity contribution in [1.29, 1.82) is 0 Å². The second kappa shape index (κ2) is 18.6. The van der Waals surface area contributed by atoms with Crippen molar-refractivity contribution in [2.24, 2.45) is 0 Å². The minimum atomic E-state index is -0.352. The highest BCUT2D eigenvalue weighted by molar-refractivity contribution is 6.11. The minimum Gasteiger partial charge on any atom is -0.455 e. The Kier molecular flexibility index (Phi) is 13.7. The summed E-state index contributed by atoms with van der Waals surface area (Å²) in [4.78, 5) is 24.2. The molecule has 0 bridgehead atoms. The normalized spacial score (nSPS) is 12.8. The summed E-state index contributed by atoms with van der Waals surface area (Å²) in [5.74, 6) is 0.301. The van der Waals surface area contributed by atoms with Gasteiger partial charge in [0, 0.05) is 41.9 Å². The van der Waals surface area contributed by atoms with Crippen LogP contribution in [0.5, 0.6) is 0 Å². The molecule has 5 rings (SSSR count). The summed E-state index contributed by atoms with van der Waals surface area (Å²) in [6, 6.07) is 17.4. The first kappa shape index (κ1) is 36.2. The van der Waals surface area contributed by atoms with Gasteiger partial charge in [-0.3, -0.25) is 9.59 Å². The average Bonchev–Trinajstić information content (AvgIpc) is 3.89. The van der Waals surface area contributed by atoms with Crippen LogP contribution in [0.1, 0.15) is 57.5 Å². The summed E-state index contributed by atoms with van der Waals surface area (Å²) in [6.45, 7) is 6.92. The van der Waals surface area contributed by atoms with Crippen LogP contribution in [0.2, 0.25) is 0 Å². The Hall–Kier alpha value is -4.13. The molecule has 1 aromatic heterocycles. The lowest BCUT2D eigenvalue weighted by molar-refractivity contribution is -0.0119. The molecule has 1 fully saturated rings. The van der Waals surface area contributed by atoms with Crippen molar-refractivity contribution in [1.82, 2.24) is 5.32 Å². The zero-order valence-corrected chi connectivity index (χ0v) is 28.2. The molecule has 0 unspecified atom stereocenters. The number of carbonyl (C=O) groups excluding carboxylic acids is 2. The Morgan fingerprint density at radius 1 is 0.796 bits per heavy atom. The van der Waals surface area contributed by atoms with E-state index in [1.165, 1.54) is 12.1 Å². The van der Waals surface area contributed by atoms with E-state index in [2.05, 4.69) is 16.7 Å². The van der Waals surface area contributed by atoms with Gasteiger partial charge in [-0.2, -0.15) is 0 Å². The number of hydrogen-bond acceptors (Lipinski definition) is 9. The van der Waals surface area contributed by atoms with E-state index in [1.54, 1.807) is 38.2 Å². The van der Waals surface area contributed by atoms with Crippen LogP contribution in [0.15, 0.2) is 65.1 Å². The molecule has 11 heteroatoms. The van der Waals surface area contributed by atoms with Gasteiger partial charge in [0.15, 0.2) is 5.78 Å². The fourth-order valence-corrected chi connectivity index (χ4v) is 5.36. The Bertz CT molecular complexity index is 1650. The quantitative estimate of drug-likeness (QED) is 0.0723. The van der Waals surface area contributed by atoms with Gasteiger partial charge in [-0.05, 0) is 67.1 Å². The monoisotopic (exact) mass is 676 g/mol. The molecule has 1 saturated carbocycles. The SMILES string of the molecule is CNC(=O)c1c(-c2ccc(F)cc2)oc2cc(NCCOCCOCCOCCOCCOCc3ccc(C(C)=O)cc3)c(C3CC3)cc12. The maximum absolute atomic E-state index is 13.6. The van der Waals surface area contributed by atoms with Crippen LogP contribution < -0.4 is 10.6 Å². The molecule has 1 amide bonds. The third-order valence-corrected chi connectivity index (χ3v) is 8.12. The molecule has 10 nitrogen and oxygen atoms in total. The van der Waals surface area contributed by atoms with Crippen LogP contribution in [0.4, 0.5) is 10.1 Å². The van der Waals surface area contributed by atoms with E-state index in [-0.39, 0.29) is 17.5 Å². The third-order valence-electron chi connectivity index (χ3n) is 8.12. The fraction of sp³-hybridized carbons (Fsp3) is 0.421. The van der Waals surface area contributed by atoms with Gasteiger partial charge in [0.05, 0.1) is 71.6 Å². The minimum absolute atomic E-state index is 0.0508. The van der Waals surface area contributed by atoms with Crippen LogP contribution in [-0.4, -0.2) is 84.7 Å². The summed E-state index contributed by atoms with van der Waals surface area (Å²) >= 11 is 0. The highest BCUT2D eigenvalue weighted by atomic mass is 19.1. The molecule has 0 radical (unpaired) electrons. The number of rotatable bonds is 22. The van der Waals surface area contributed by atoms with Crippen LogP contribution >= 0.6 is 0 Å². The highest BCUT2D eigenvalue weighted by Gasteiger charge is 2.29. The van der Waals surface area contributed by atoms with E-state index < -0.39 is 0 Å². The largest absolute Gasteiger partial charge is 0.455 e. The van der Waals surface area contributed by atoms with Gasteiger partial charge in [-0.15, -0.1) is 0 Å². The number of carbonyl (C=O) groups is 2. The first-order chi connectivity index (χ1) is 23.9. The van der Waals surface area contributed by atoms with Gasteiger partial charge in [0.2, 0.25) is 0 Å². The summed E-state index contributed by atoms with van der Waals surface area (Å²) in [7, 11) is 1.59. The Balaban J connectivity index is 0.935. The Morgan fingerprint density at radius 3 is 1.96 bits per heavy atom. The maximum Gasteiger partial charge on any atom is 0.255 e. The number of fused-ring (bicyclic) bond motifs is 1. The number of Topliss-reactive ketones (excluding diaryl/α,β-unsaturated/α-hetero) is 1. The van der Waals surface area contributed by atoms with Crippen LogP contribution in [0, 0.1) is 5.82 Å². The molecule has 1 heterocycles. The Morgan fingerprint density at radius 2 is 1.39 bits per heavy atom. The van der Waals surface area contributed by atoms with Crippen molar-refractivity contribution in [3.05, 3.63) is 88.7 Å². The number of nitrogens with one attached hydrogen (secondary N) is 2. The number of benzene rings is 3. The highest BCUT2D eigenvalue weighted by Crippen LogP contribution is 2.46. The predicted octanol–water partition coefficient (Wildman–Crippen LogP) is 6.37. The van der Waals surface area contributed by atoms with E-state index in [1.807, 2.05) is 18.2 Å². The summed E-state index contributed by atoms with van der Waals surface area (Å²) in [6.07, 6.45) is 2.19. The number of halogens is 1. The van der Waals surface area contributed by atoms with Crippen LogP contribution in [-0.2, 0) is 30.3 Å². The van der Waals surface area contributed by atoms with Crippen molar-refractivity contribution in [2.45, 2.75) is 32.3 Å². The molecule has 4 aromatic rings. The number of amides is 1. The van der Waals surface area contributed by atoms with Gasteiger partial charge in [-0.25, -0.2) is 4.39 Å². The standard InChI is InChI=1S/C38H45FN2O8/c1-26(42)28-5-3-27(4-6-28)25-48-22-21-47-20-19-46-18-17-45-16-15-44-14-13-41-34-24-35-33(23-32(34)29-7-8-29)36(38(43)40-2)37(49-35)30-9-11-31(39)12-10-30/h3-6,9-12,23-24,29,41H,7-8,13-22,25H2,1-2H3,(H,40,43). The van der Waals surface area contributed by atoms with Gasteiger partial charge in [0.1, 0.15) is 17.2 Å². The lowest BCUT2D eigenvalue weighted by Crippen LogP contribution is -2.18. The summed E-state index contributed by atoms with van der Waals surface area (Å²) in [5.41, 5.74) is 5.50. The molecule has 1 aliphatic rings. The number of furan rings is 1. The van der Waals surface area contributed by atoms with Crippen molar-refractivity contribution >= 4 is 28.3 Å². The van der Waals surface area contributed by atoms with Crippen LogP contribution in [0.3, 0.4) is 0 Å². The molecule has 0 atom stereocenters. The third kappa shape index (κ3) is 10.7. The molecule has 49 heavy (non-hydrogen) atoms. The zero-order chi connectivity index (χ0) is 34.4. The van der Waals surface area contributed by atoms with Gasteiger partial charge in [-0.1, -0.05) is 24.3 Å². The molecular weight excluding hydrogens is 631 g/mol.